The molecular formula is C7H12O2. The molecule has 0 amide bonds. The minimum absolute atomic E-state index is 0.0187. The van der Waals surface area contributed by atoms with Gasteiger partial charge in [0, 0.05) is 11.8 Å². The van der Waals surface area contributed by atoms with Crippen LogP contribution in [0.1, 0.15) is 20.3 Å². The van der Waals surface area contributed by atoms with Gasteiger partial charge in [-0.3, -0.25) is 0 Å². The molecule has 0 aliphatic heterocycles. The molecule has 2 nitrogen and oxygen atoms in total. The first-order valence-corrected chi connectivity index (χ1v) is 3.11. The van der Waals surface area contributed by atoms with Crippen molar-refractivity contribution >= 4 is 12.6 Å². The summed E-state index contributed by atoms with van der Waals surface area (Å²) in [5.41, 5.74) is 0. The van der Waals surface area contributed by atoms with Gasteiger partial charge in [0.15, 0.2) is 0 Å². The number of rotatable bonds is 4. The van der Waals surface area contributed by atoms with Gasteiger partial charge in [0.05, 0.1) is 0 Å². The maximum atomic E-state index is 10.0. The molecule has 0 heterocycles. The van der Waals surface area contributed by atoms with E-state index < -0.39 is 0 Å². The van der Waals surface area contributed by atoms with Gasteiger partial charge in [-0.25, -0.2) is 0 Å². The largest absolute Gasteiger partial charge is 0.303 e. The van der Waals surface area contributed by atoms with Crippen LogP contribution in [0, 0.1) is 11.8 Å². The molecule has 2 atom stereocenters. The Bertz CT molecular complexity index is 87.1. The molecule has 0 saturated carbocycles. The third-order valence-corrected chi connectivity index (χ3v) is 1.21. The van der Waals surface area contributed by atoms with Crippen molar-refractivity contribution in [3.05, 3.63) is 0 Å². The summed E-state index contributed by atoms with van der Waals surface area (Å²) in [6, 6.07) is 0. The van der Waals surface area contributed by atoms with Crippen LogP contribution < -0.4 is 0 Å². The van der Waals surface area contributed by atoms with Crippen molar-refractivity contribution in [2.75, 3.05) is 0 Å². The quantitative estimate of drug-likeness (QED) is 0.530. The van der Waals surface area contributed by atoms with Gasteiger partial charge in [-0.15, -0.1) is 0 Å². The topological polar surface area (TPSA) is 34.1 Å². The molecule has 0 bridgehead atoms. The Morgan fingerprint density at radius 3 is 1.67 bits per heavy atom. The van der Waals surface area contributed by atoms with Gasteiger partial charge in [0.25, 0.3) is 0 Å². The van der Waals surface area contributed by atoms with E-state index in [0.29, 0.717) is 6.42 Å². The van der Waals surface area contributed by atoms with E-state index in [1.807, 2.05) is 13.8 Å². The summed E-state index contributed by atoms with van der Waals surface area (Å²) in [6.07, 6.45) is 2.42. The second-order valence-electron chi connectivity index (χ2n) is 2.46. The maximum absolute atomic E-state index is 10.0. The molecule has 0 unspecified atom stereocenters. The van der Waals surface area contributed by atoms with Gasteiger partial charge in [0.2, 0.25) is 0 Å². The van der Waals surface area contributed by atoms with Crippen molar-refractivity contribution in [1.29, 1.82) is 0 Å². The Morgan fingerprint density at radius 2 is 1.44 bits per heavy atom. The SMILES string of the molecule is C[C@H](C=O)C[C@@H](C)C=O. The van der Waals surface area contributed by atoms with Crippen LogP contribution in [0.5, 0.6) is 0 Å². The van der Waals surface area contributed by atoms with E-state index >= 15 is 0 Å². The number of hydrogen-bond acceptors (Lipinski definition) is 2. The molecule has 0 aromatic heterocycles. The molecule has 0 aliphatic carbocycles. The summed E-state index contributed by atoms with van der Waals surface area (Å²) in [7, 11) is 0. The van der Waals surface area contributed by atoms with Crippen molar-refractivity contribution in [2.24, 2.45) is 11.8 Å². The van der Waals surface area contributed by atoms with Crippen LogP contribution in [0.3, 0.4) is 0 Å². The fourth-order valence-electron chi connectivity index (χ4n) is 0.698. The standard InChI is InChI=1S/C7H12O2/c1-6(4-8)3-7(2)5-9/h4-7H,3H2,1-2H3/t6-,7+. The Balaban J connectivity index is 3.45. The fraction of sp³-hybridized carbons (Fsp3) is 0.714. The third-order valence-electron chi connectivity index (χ3n) is 1.21. The predicted octanol–water partition coefficient (Wildman–Crippen LogP) is 1.05. The molecule has 2 heteroatoms. The van der Waals surface area contributed by atoms with Gasteiger partial charge >= 0.3 is 0 Å². The van der Waals surface area contributed by atoms with Crippen molar-refractivity contribution < 1.29 is 9.59 Å². The highest BCUT2D eigenvalue weighted by Crippen LogP contribution is 2.05. The first kappa shape index (κ1) is 8.34. The molecule has 0 spiro atoms. The van der Waals surface area contributed by atoms with Crippen LogP contribution in [0.25, 0.3) is 0 Å². The summed E-state index contributed by atoms with van der Waals surface area (Å²) < 4.78 is 0. The van der Waals surface area contributed by atoms with Gasteiger partial charge in [0.1, 0.15) is 12.6 Å². The van der Waals surface area contributed by atoms with Crippen LogP contribution in [-0.2, 0) is 9.59 Å². The van der Waals surface area contributed by atoms with E-state index in [0.717, 1.165) is 12.6 Å². The van der Waals surface area contributed by atoms with Crippen molar-refractivity contribution in [1.82, 2.24) is 0 Å². The first-order valence-electron chi connectivity index (χ1n) is 3.11. The summed E-state index contributed by atoms with van der Waals surface area (Å²) in [4.78, 5) is 20.1. The van der Waals surface area contributed by atoms with E-state index in [4.69, 9.17) is 0 Å². The second-order valence-corrected chi connectivity index (χ2v) is 2.46. The van der Waals surface area contributed by atoms with Gasteiger partial charge in [-0.1, -0.05) is 13.8 Å². The fourth-order valence-corrected chi connectivity index (χ4v) is 0.698. The first-order chi connectivity index (χ1) is 4.20. The monoisotopic (exact) mass is 128 g/mol. The van der Waals surface area contributed by atoms with Crippen LogP contribution in [0.15, 0.2) is 0 Å². The molecule has 0 aliphatic rings. The Kier molecular flexibility index (Phi) is 3.93. The molecule has 0 aromatic rings. The van der Waals surface area contributed by atoms with Crippen molar-refractivity contribution in [3.8, 4) is 0 Å². The summed E-state index contributed by atoms with van der Waals surface area (Å²) in [5, 5.41) is 0. The molecule has 52 valence electrons. The van der Waals surface area contributed by atoms with Gasteiger partial charge in [-0.05, 0) is 6.42 Å². The minimum Gasteiger partial charge on any atom is -0.303 e. The molecule has 0 aromatic carbocycles. The number of aldehydes is 2. The van der Waals surface area contributed by atoms with Crippen LogP contribution >= 0.6 is 0 Å². The molecule has 0 saturated heterocycles. The highest BCUT2D eigenvalue weighted by Gasteiger charge is 2.04. The summed E-state index contributed by atoms with van der Waals surface area (Å²) >= 11 is 0. The molecule has 9 heavy (non-hydrogen) atoms. The lowest BCUT2D eigenvalue weighted by Gasteiger charge is -2.03. The maximum Gasteiger partial charge on any atom is 0.122 e. The normalized spacial score (nSPS) is 16.2. The Hall–Kier alpha value is -0.660. The lowest BCUT2D eigenvalue weighted by Crippen LogP contribution is -2.04. The number of hydrogen-bond donors (Lipinski definition) is 0. The Morgan fingerprint density at radius 1 is 1.11 bits per heavy atom. The highest BCUT2D eigenvalue weighted by molar-refractivity contribution is 5.57. The van der Waals surface area contributed by atoms with Crippen LogP contribution in [0.2, 0.25) is 0 Å². The van der Waals surface area contributed by atoms with E-state index in [9.17, 15) is 9.59 Å². The summed E-state index contributed by atoms with van der Waals surface area (Å²) in [5.74, 6) is 0.0374. The average molecular weight is 128 g/mol. The van der Waals surface area contributed by atoms with E-state index in [-0.39, 0.29) is 11.8 Å². The van der Waals surface area contributed by atoms with Gasteiger partial charge < -0.3 is 9.59 Å². The zero-order chi connectivity index (χ0) is 7.28. The van der Waals surface area contributed by atoms with Crippen molar-refractivity contribution in [3.63, 3.8) is 0 Å². The number of carbonyl (C=O) groups excluding carboxylic acids is 2. The smallest absolute Gasteiger partial charge is 0.122 e. The lowest BCUT2D eigenvalue weighted by atomic mass is 10.0. The Labute approximate surface area is 55.3 Å². The van der Waals surface area contributed by atoms with Crippen LogP contribution in [0.4, 0.5) is 0 Å². The zero-order valence-electron chi connectivity index (χ0n) is 5.83. The van der Waals surface area contributed by atoms with E-state index in [2.05, 4.69) is 0 Å². The minimum atomic E-state index is 0.0187. The van der Waals surface area contributed by atoms with Crippen LogP contribution in [-0.4, -0.2) is 12.6 Å². The molecule has 0 N–H and O–H groups in total. The zero-order valence-corrected chi connectivity index (χ0v) is 5.83. The van der Waals surface area contributed by atoms with Crippen molar-refractivity contribution in [2.45, 2.75) is 20.3 Å². The average Bonchev–Trinajstić information content (AvgIpc) is 1.87. The molecule has 0 rings (SSSR count). The van der Waals surface area contributed by atoms with E-state index in [1.165, 1.54) is 0 Å². The summed E-state index contributed by atoms with van der Waals surface area (Å²) in [6.45, 7) is 3.62. The second kappa shape index (κ2) is 4.24. The predicted molar refractivity (Wildman–Crippen MR) is 35.1 cm³/mol. The lowest BCUT2D eigenvalue weighted by molar-refractivity contribution is -0.113. The highest BCUT2D eigenvalue weighted by atomic mass is 16.1. The molecule has 0 fully saturated rings. The van der Waals surface area contributed by atoms with E-state index in [1.54, 1.807) is 0 Å². The molecule has 0 radical (unpaired) electrons. The van der Waals surface area contributed by atoms with Gasteiger partial charge in [-0.2, -0.15) is 0 Å². The molecular weight excluding hydrogens is 116 g/mol. The number of carbonyl (C=O) groups is 2. The third kappa shape index (κ3) is 3.88.